The van der Waals surface area contributed by atoms with Gasteiger partial charge in [0.25, 0.3) is 5.78 Å². The molecule has 1 N–H and O–H groups in total. The minimum absolute atomic E-state index is 0.189. The van der Waals surface area contributed by atoms with E-state index < -0.39 is 5.82 Å². The lowest BCUT2D eigenvalue weighted by Crippen LogP contribution is -2.27. The van der Waals surface area contributed by atoms with Crippen molar-refractivity contribution in [2.45, 2.75) is 6.42 Å². The summed E-state index contributed by atoms with van der Waals surface area (Å²) in [6.45, 7) is 1.25. The molecule has 9 heteroatoms. The number of carbonyl (C=O) groups is 1. The van der Waals surface area contributed by atoms with E-state index in [9.17, 15) is 9.18 Å². The predicted octanol–water partition coefficient (Wildman–Crippen LogP) is 2.83. The van der Waals surface area contributed by atoms with Gasteiger partial charge in [-0.25, -0.2) is 18.7 Å². The van der Waals surface area contributed by atoms with Crippen molar-refractivity contribution >= 4 is 23.1 Å². The summed E-state index contributed by atoms with van der Waals surface area (Å²) in [6, 6.07) is 3.96. The number of benzene rings is 1. The van der Waals surface area contributed by atoms with Crippen molar-refractivity contribution in [3.8, 4) is 11.4 Å². The molecule has 0 saturated carbocycles. The van der Waals surface area contributed by atoms with Crippen molar-refractivity contribution in [2.75, 3.05) is 32.6 Å². The highest BCUT2D eigenvalue weighted by Gasteiger charge is 2.15. The first-order chi connectivity index (χ1) is 13.5. The van der Waals surface area contributed by atoms with Crippen LogP contribution in [0.4, 0.5) is 14.9 Å². The molecule has 1 aliphatic rings. The molecule has 0 bridgehead atoms. The Labute approximate surface area is 160 Å². The second-order valence-corrected chi connectivity index (χ2v) is 6.60. The molecule has 0 radical (unpaired) electrons. The number of aromatic nitrogens is 4. The number of urea groups is 1. The van der Waals surface area contributed by atoms with Crippen LogP contribution in [0, 0.1) is 5.82 Å². The lowest BCUT2D eigenvalue weighted by molar-refractivity contribution is 0.161. The SMILES string of the molecule is CN(C)C(=O)Nc1ccc(F)c(-c2nc3ncc(C4=CCOCC4)cn3n2)c1. The standard InChI is InChI=1S/C19H19FN6O2/c1-25(2)19(27)22-14-3-4-16(20)15(9-14)17-23-18-21-10-13(11-26(18)24-17)12-5-7-28-8-6-12/h3-5,9-11H,6-8H2,1-2H3,(H,22,27). The number of amides is 2. The Morgan fingerprint density at radius 3 is 2.96 bits per heavy atom. The van der Waals surface area contributed by atoms with Crippen molar-refractivity contribution in [2.24, 2.45) is 0 Å². The molecule has 0 spiro atoms. The van der Waals surface area contributed by atoms with Crippen LogP contribution in [0.3, 0.4) is 0 Å². The van der Waals surface area contributed by atoms with Gasteiger partial charge in [-0.2, -0.15) is 4.98 Å². The average Bonchev–Trinajstić information content (AvgIpc) is 3.13. The Kier molecular flexibility index (Phi) is 4.74. The first kappa shape index (κ1) is 18.1. The largest absolute Gasteiger partial charge is 0.377 e. The molecule has 28 heavy (non-hydrogen) atoms. The highest BCUT2D eigenvalue weighted by atomic mass is 19.1. The van der Waals surface area contributed by atoms with Crippen LogP contribution in [-0.2, 0) is 4.74 Å². The zero-order valence-corrected chi connectivity index (χ0v) is 15.5. The van der Waals surface area contributed by atoms with Gasteiger partial charge in [0.2, 0.25) is 0 Å². The van der Waals surface area contributed by atoms with Gasteiger partial charge < -0.3 is 15.0 Å². The number of nitrogens with zero attached hydrogens (tertiary/aromatic N) is 5. The van der Waals surface area contributed by atoms with Gasteiger partial charge in [-0.3, -0.25) is 0 Å². The topological polar surface area (TPSA) is 84.7 Å². The summed E-state index contributed by atoms with van der Waals surface area (Å²) < 4.78 is 21.3. The molecule has 0 atom stereocenters. The monoisotopic (exact) mass is 382 g/mol. The Bertz CT molecular complexity index is 1080. The molecule has 8 nitrogen and oxygen atoms in total. The Balaban J connectivity index is 1.69. The van der Waals surface area contributed by atoms with Gasteiger partial charge in [0.15, 0.2) is 5.82 Å². The van der Waals surface area contributed by atoms with Gasteiger partial charge in [-0.1, -0.05) is 6.08 Å². The quantitative estimate of drug-likeness (QED) is 0.753. The molecular formula is C19H19FN6O2. The fraction of sp³-hybridized carbons (Fsp3) is 0.263. The normalized spacial score (nSPS) is 14.0. The zero-order chi connectivity index (χ0) is 19.7. The van der Waals surface area contributed by atoms with Gasteiger partial charge in [0, 0.05) is 37.7 Å². The van der Waals surface area contributed by atoms with E-state index in [4.69, 9.17) is 4.74 Å². The lowest BCUT2D eigenvalue weighted by atomic mass is 10.1. The molecule has 1 aliphatic heterocycles. The number of hydrogen-bond acceptors (Lipinski definition) is 5. The third kappa shape index (κ3) is 3.56. The van der Waals surface area contributed by atoms with Gasteiger partial charge in [0.1, 0.15) is 5.82 Å². The smallest absolute Gasteiger partial charge is 0.321 e. The van der Waals surface area contributed by atoms with Crippen molar-refractivity contribution in [3.63, 3.8) is 0 Å². The van der Waals surface area contributed by atoms with Crippen LogP contribution in [0.25, 0.3) is 22.7 Å². The van der Waals surface area contributed by atoms with Crippen LogP contribution < -0.4 is 5.32 Å². The number of nitrogens with one attached hydrogen (secondary N) is 1. The third-order valence-corrected chi connectivity index (χ3v) is 4.39. The molecule has 0 fully saturated rings. The Morgan fingerprint density at radius 1 is 1.36 bits per heavy atom. The van der Waals surface area contributed by atoms with Crippen molar-refractivity contribution in [1.29, 1.82) is 0 Å². The Morgan fingerprint density at radius 2 is 2.21 bits per heavy atom. The van der Waals surface area contributed by atoms with Crippen LogP contribution in [0.2, 0.25) is 0 Å². The maximum Gasteiger partial charge on any atom is 0.321 e. The summed E-state index contributed by atoms with van der Waals surface area (Å²) >= 11 is 0. The molecule has 0 aliphatic carbocycles. The minimum Gasteiger partial charge on any atom is -0.377 e. The van der Waals surface area contributed by atoms with E-state index in [0.717, 1.165) is 17.6 Å². The maximum atomic E-state index is 14.4. The summed E-state index contributed by atoms with van der Waals surface area (Å²) in [5, 5.41) is 7.06. The molecule has 2 aromatic heterocycles. The molecule has 144 valence electrons. The van der Waals surface area contributed by atoms with E-state index in [1.165, 1.54) is 27.6 Å². The van der Waals surface area contributed by atoms with E-state index >= 15 is 0 Å². The van der Waals surface area contributed by atoms with Crippen molar-refractivity contribution in [1.82, 2.24) is 24.5 Å². The second kappa shape index (κ2) is 7.35. The summed E-state index contributed by atoms with van der Waals surface area (Å²) in [7, 11) is 3.25. The Hall–Kier alpha value is -3.33. The van der Waals surface area contributed by atoms with E-state index in [1.807, 2.05) is 12.3 Å². The van der Waals surface area contributed by atoms with Crippen LogP contribution in [0.5, 0.6) is 0 Å². The van der Waals surface area contributed by atoms with Crippen molar-refractivity contribution in [3.05, 3.63) is 48.0 Å². The van der Waals surface area contributed by atoms with Gasteiger partial charge in [-0.05, 0) is 30.2 Å². The summed E-state index contributed by atoms with van der Waals surface area (Å²) in [5.74, 6) is 0.0868. The molecular weight excluding hydrogens is 363 g/mol. The molecule has 1 aromatic carbocycles. The number of fused-ring (bicyclic) bond motifs is 1. The van der Waals surface area contributed by atoms with E-state index in [0.29, 0.717) is 24.7 Å². The first-order valence-corrected chi connectivity index (χ1v) is 8.79. The van der Waals surface area contributed by atoms with Gasteiger partial charge >= 0.3 is 6.03 Å². The highest BCUT2D eigenvalue weighted by Crippen LogP contribution is 2.25. The maximum absolute atomic E-state index is 14.4. The van der Waals surface area contributed by atoms with Crippen molar-refractivity contribution < 1.29 is 13.9 Å². The second-order valence-electron chi connectivity index (χ2n) is 6.60. The number of hydrogen-bond donors (Lipinski definition) is 1. The third-order valence-electron chi connectivity index (χ3n) is 4.39. The minimum atomic E-state index is -0.480. The number of rotatable bonds is 3. The molecule has 4 rings (SSSR count). The highest BCUT2D eigenvalue weighted by molar-refractivity contribution is 5.89. The van der Waals surface area contributed by atoms with E-state index in [1.54, 1.807) is 20.3 Å². The molecule has 0 saturated heterocycles. The predicted molar refractivity (Wildman–Crippen MR) is 102 cm³/mol. The molecule has 0 unspecified atom stereocenters. The number of carbonyl (C=O) groups excluding carboxylic acids is 1. The van der Waals surface area contributed by atoms with E-state index in [-0.39, 0.29) is 17.4 Å². The first-order valence-electron chi connectivity index (χ1n) is 8.79. The lowest BCUT2D eigenvalue weighted by Gasteiger charge is -2.13. The van der Waals surface area contributed by atoms with E-state index in [2.05, 4.69) is 20.4 Å². The van der Waals surface area contributed by atoms with Crippen LogP contribution >= 0.6 is 0 Å². The molecule has 2 amide bonds. The number of anilines is 1. The fourth-order valence-electron chi connectivity index (χ4n) is 2.86. The fourth-order valence-corrected chi connectivity index (χ4v) is 2.86. The molecule has 3 aromatic rings. The van der Waals surface area contributed by atoms with Crippen LogP contribution in [-0.4, -0.2) is 57.8 Å². The van der Waals surface area contributed by atoms with Crippen LogP contribution in [0.15, 0.2) is 36.7 Å². The van der Waals surface area contributed by atoms with Crippen LogP contribution in [0.1, 0.15) is 12.0 Å². The summed E-state index contributed by atoms with van der Waals surface area (Å²) in [5.41, 5.74) is 2.71. The number of halogens is 1. The van der Waals surface area contributed by atoms with Gasteiger partial charge in [0.05, 0.1) is 18.8 Å². The summed E-state index contributed by atoms with van der Waals surface area (Å²) in [4.78, 5) is 21.9. The molecule has 3 heterocycles. The number of ether oxygens (including phenoxy) is 1. The van der Waals surface area contributed by atoms with Gasteiger partial charge in [-0.15, -0.1) is 5.10 Å². The average molecular weight is 382 g/mol. The zero-order valence-electron chi connectivity index (χ0n) is 15.5. The summed E-state index contributed by atoms with van der Waals surface area (Å²) in [6.07, 6.45) is 6.37.